The van der Waals surface area contributed by atoms with E-state index in [0.29, 0.717) is 12.2 Å². The van der Waals surface area contributed by atoms with Crippen molar-refractivity contribution in [1.29, 1.82) is 0 Å². The van der Waals surface area contributed by atoms with E-state index in [2.05, 4.69) is 10.6 Å². The second-order valence-electron chi connectivity index (χ2n) is 3.82. The lowest BCUT2D eigenvalue weighted by molar-refractivity contribution is -0.141. The van der Waals surface area contributed by atoms with Crippen molar-refractivity contribution in [1.82, 2.24) is 10.6 Å². The molecule has 0 saturated carbocycles. The first kappa shape index (κ1) is 16.8. The van der Waals surface area contributed by atoms with Crippen LogP contribution in [0.25, 0.3) is 0 Å². The number of nitrogens with one attached hydrogen (secondary N) is 2. The molecule has 6 nitrogen and oxygen atoms in total. The summed E-state index contributed by atoms with van der Waals surface area (Å²) in [5.41, 5.74) is 0. The summed E-state index contributed by atoms with van der Waals surface area (Å²) in [7, 11) is 0. The van der Waals surface area contributed by atoms with Crippen LogP contribution in [0.4, 0.5) is 0 Å². The first-order valence-corrected chi connectivity index (χ1v) is 7.13. The number of carboxylic acids is 1. The van der Waals surface area contributed by atoms with Gasteiger partial charge in [0.2, 0.25) is 11.8 Å². The summed E-state index contributed by atoms with van der Waals surface area (Å²) in [4.78, 5) is 33.8. The third-order valence-corrected chi connectivity index (χ3v) is 2.96. The topological polar surface area (TPSA) is 95.5 Å². The highest BCUT2D eigenvalue weighted by Gasteiger charge is 2.23. The molecule has 0 saturated heterocycles. The van der Waals surface area contributed by atoms with Crippen LogP contribution in [-0.4, -0.2) is 47.0 Å². The first-order chi connectivity index (χ1) is 8.42. The van der Waals surface area contributed by atoms with Crippen molar-refractivity contribution in [3.05, 3.63) is 0 Å². The molecule has 0 spiro atoms. The molecular formula is C11H20N2O4S. The van der Waals surface area contributed by atoms with E-state index in [0.717, 1.165) is 0 Å². The van der Waals surface area contributed by atoms with Crippen LogP contribution >= 0.6 is 11.8 Å². The molecule has 0 rings (SSSR count). The van der Waals surface area contributed by atoms with Crippen LogP contribution in [0, 0.1) is 0 Å². The summed E-state index contributed by atoms with van der Waals surface area (Å²) in [6, 6.07) is -1.64. The molecule has 1 unspecified atom stereocenters. The molecule has 3 N–H and O–H groups in total. The molecule has 2 amide bonds. The number of carbonyl (C=O) groups is 3. The van der Waals surface area contributed by atoms with E-state index in [-0.39, 0.29) is 12.3 Å². The third kappa shape index (κ3) is 6.48. The second-order valence-corrected chi connectivity index (χ2v) is 4.81. The quantitative estimate of drug-likeness (QED) is 0.589. The summed E-state index contributed by atoms with van der Waals surface area (Å²) in [6.45, 7) is 3.08. The molecule has 0 aliphatic carbocycles. The van der Waals surface area contributed by atoms with E-state index in [4.69, 9.17) is 5.11 Å². The van der Waals surface area contributed by atoms with Gasteiger partial charge >= 0.3 is 5.97 Å². The highest BCUT2D eigenvalue weighted by Crippen LogP contribution is 2.02. The van der Waals surface area contributed by atoms with Gasteiger partial charge in [-0.1, -0.05) is 6.92 Å². The average molecular weight is 276 g/mol. The number of carboxylic acid groups (broad SMARTS) is 1. The Kier molecular flexibility index (Phi) is 8.19. The smallest absolute Gasteiger partial charge is 0.325 e. The SMILES string of the molecule is CCC(=O)NC(CCSC)C(=O)N[C@H](C)C(=O)O. The molecule has 0 radical (unpaired) electrons. The summed E-state index contributed by atoms with van der Waals surface area (Å²) in [5.74, 6) is -1.07. The van der Waals surface area contributed by atoms with Crippen LogP contribution in [0.3, 0.4) is 0 Å². The molecule has 7 heteroatoms. The van der Waals surface area contributed by atoms with Crippen LogP contribution in [0.5, 0.6) is 0 Å². The van der Waals surface area contributed by atoms with Gasteiger partial charge in [-0.15, -0.1) is 0 Å². The molecule has 0 aromatic heterocycles. The second kappa shape index (κ2) is 8.79. The maximum absolute atomic E-state index is 11.8. The Morgan fingerprint density at radius 3 is 2.33 bits per heavy atom. The Morgan fingerprint density at radius 1 is 1.28 bits per heavy atom. The molecule has 0 heterocycles. The highest BCUT2D eigenvalue weighted by atomic mass is 32.2. The summed E-state index contributed by atoms with van der Waals surface area (Å²) < 4.78 is 0. The predicted octanol–water partition coefficient (Wildman–Crippen LogP) is 0.224. The van der Waals surface area contributed by atoms with E-state index in [1.807, 2.05) is 6.26 Å². The van der Waals surface area contributed by atoms with Crippen molar-refractivity contribution >= 4 is 29.5 Å². The van der Waals surface area contributed by atoms with Crippen molar-refractivity contribution in [3.63, 3.8) is 0 Å². The average Bonchev–Trinajstić information content (AvgIpc) is 2.33. The van der Waals surface area contributed by atoms with E-state index >= 15 is 0 Å². The Labute approximate surface area is 111 Å². The van der Waals surface area contributed by atoms with Gasteiger partial charge in [0.25, 0.3) is 0 Å². The van der Waals surface area contributed by atoms with Crippen LogP contribution < -0.4 is 10.6 Å². The molecule has 0 aliphatic heterocycles. The monoisotopic (exact) mass is 276 g/mol. The van der Waals surface area contributed by atoms with Gasteiger partial charge in [-0.05, 0) is 25.4 Å². The fourth-order valence-electron chi connectivity index (χ4n) is 1.18. The van der Waals surface area contributed by atoms with Gasteiger partial charge in [0.1, 0.15) is 12.1 Å². The van der Waals surface area contributed by atoms with Crippen LogP contribution in [0.1, 0.15) is 26.7 Å². The molecule has 104 valence electrons. The number of hydrogen-bond acceptors (Lipinski definition) is 4. The van der Waals surface area contributed by atoms with Gasteiger partial charge in [-0.3, -0.25) is 14.4 Å². The van der Waals surface area contributed by atoms with Crippen molar-refractivity contribution < 1.29 is 19.5 Å². The molecule has 0 aliphatic rings. The predicted molar refractivity (Wildman–Crippen MR) is 70.5 cm³/mol. The number of carbonyl (C=O) groups excluding carboxylic acids is 2. The summed E-state index contributed by atoms with van der Waals surface area (Å²) >= 11 is 1.56. The molecule has 0 aromatic rings. The van der Waals surface area contributed by atoms with E-state index < -0.39 is 24.0 Å². The number of thioether (sulfide) groups is 1. The Bertz CT molecular complexity index is 309. The lowest BCUT2D eigenvalue weighted by Gasteiger charge is -2.19. The van der Waals surface area contributed by atoms with Gasteiger partial charge in [0, 0.05) is 6.42 Å². The highest BCUT2D eigenvalue weighted by molar-refractivity contribution is 7.98. The van der Waals surface area contributed by atoms with Gasteiger partial charge in [0.05, 0.1) is 0 Å². The maximum Gasteiger partial charge on any atom is 0.325 e. The molecule has 0 fully saturated rings. The fraction of sp³-hybridized carbons (Fsp3) is 0.727. The molecule has 18 heavy (non-hydrogen) atoms. The van der Waals surface area contributed by atoms with Crippen molar-refractivity contribution in [2.24, 2.45) is 0 Å². The number of hydrogen-bond donors (Lipinski definition) is 3. The molecule has 2 atom stereocenters. The Hall–Kier alpha value is -1.24. The number of rotatable bonds is 8. The summed E-state index contributed by atoms with van der Waals surface area (Å²) in [6.07, 6.45) is 2.67. The largest absolute Gasteiger partial charge is 0.480 e. The lowest BCUT2D eigenvalue weighted by atomic mass is 10.2. The lowest BCUT2D eigenvalue weighted by Crippen LogP contribution is -2.50. The molecule has 0 bridgehead atoms. The minimum absolute atomic E-state index is 0.223. The summed E-state index contributed by atoms with van der Waals surface area (Å²) in [5, 5.41) is 13.7. The van der Waals surface area contributed by atoms with E-state index in [1.165, 1.54) is 6.92 Å². The minimum atomic E-state index is -1.10. The maximum atomic E-state index is 11.8. The van der Waals surface area contributed by atoms with Gasteiger partial charge in [-0.25, -0.2) is 0 Å². The number of amides is 2. The van der Waals surface area contributed by atoms with Crippen LogP contribution in [0.2, 0.25) is 0 Å². The van der Waals surface area contributed by atoms with Crippen molar-refractivity contribution in [3.8, 4) is 0 Å². The van der Waals surface area contributed by atoms with E-state index in [1.54, 1.807) is 18.7 Å². The number of aliphatic carboxylic acids is 1. The normalized spacial score (nSPS) is 13.5. The van der Waals surface area contributed by atoms with Crippen LogP contribution in [0.15, 0.2) is 0 Å². The molecular weight excluding hydrogens is 256 g/mol. The Balaban J connectivity index is 4.48. The first-order valence-electron chi connectivity index (χ1n) is 5.73. The van der Waals surface area contributed by atoms with Gasteiger partial charge in [0.15, 0.2) is 0 Å². The third-order valence-electron chi connectivity index (χ3n) is 2.31. The zero-order valence-electron chi connectivity index (χ0n) is 10.9. The zero-order valence-corrected chi connectivity index (χ0v) is 11.7. The minimum Gasteiger partial charge on any atom is -0.480 e. The van der Waals surface area contributed by atoms with Crippen LogP contribution in [-0.2, 0) is 14.4 Å². The molecule has 0 aromatic carbocycles. The van der Waals surface area contributed by atoms with E-state index in [9.17, 15) is 14.4 Å². The standard InChI is InChI=1S/C11H20N2O4S/c1-4-9(14)13-8(5-6-18-3)10(15)12-7(2)11(16)17/h7-8H,4-6H2,1-3H3,(H,12,15)(H,13,14)(H,16,17)/t7-,8?/m1/s1. The van der Waals surface area contributed by atoms with Gasteiger partial charge in [-0.2, -0.15) is 11.8 Å². The Morgan fingerprint density at radius 2 is 1.89 bits per heavy atom. The van der Waals surface area contributed by atoms with Crippen molar-refractivity contribution in [2.75, 3.05) is 12.0 Å². The zero-order chi connectivity index (χ0) is 14.1. The fourth-order valence-corrected chi connectivity index (χ4v) is 1.65. The van der Waals surface area contributed by atoms with Crippen molar-refractivity contribution in [2.45, 2.75) is 38.8 Å². The van der Waals surface area contributed by atoms with Gasteiger partial charge < -0.3 is 15.7 Å².